The SMILES string of the molecule is O=C(O)Cc1csc(Nc2ccc(OCc3ccccc3)cc2)n1. The lowest BCUT2D eigenvalue weighted by atomic mass is 10.2. The Morgan fingerprint density at radius 1 is 1.12 bits per heavy atom. The van der Waals surface area contributed by atoms with Crippen LogP contribution in [-0.2, 0) is 17.8 Å². The molecule has 0 atom stereocenters. The maximum Gasteiger partial charge on any atom is 0.309 e. The van der Waals surface area contributed by atoms with Crippen molar-refractivity contribution in [2.24, 2.45) is 0 Å². The normalized spacial score (nSPS) is 10.3. The highest BCUT2D eigenvalue weighted by Crippen LogP contribution is 2.23. The lowest BCUT2D eigenvalue weighted by Gasteiger charge is -2.07. The minimum atomic E-state index is -0.883. The fraction of sp³-hybridized carbons (Fsp3) is 0.111. The minimum Gasteiger partial charge on any atom is -0.489 e. The number of nitrogens with one attached hydrogen (secondary N) is 1. The summed E-state index contributed by atoms with van der Waals surface area (Å²) in [6.45, 7) is 0.526. The maximum absolute atomic E-state index is 10.7. The first-order valence-electron chi connectivity index (χ1n) is 7.39. The molecule has 0 saturated carbocycles. The molecule has 0 unspecified atom stereocenters. The van der Waals surface area contributed by atoms with E-state index in [1.54, 1.807) is 5.38 Å². The van der Waals surface area contributed by atoms with Crippen LogP contribution in [-0.4, -0.2) is 16.1 Å². The molecule has 0 aliphatic rings. The van der Waals surface area contributed by atoms with Crippen LogP contribution in [0.1, 0.15) is 11.3 Å². The largest absolute Gasteiger partial charge is 0.489 e. The standard InChI is InChI=1S/C18H16N2O3S/c21-17(22)10-15-12-24-18(20-15)19-14-6-8-16(9-7-14)23-11-13-4-2-1-3-5-13/h1-9,12H,10-11H2,(H,19,20)(H,21,22). The Hall–Kier alpha value is -2.86. The van der Waals surface area contributed by atoms with E-state index in [9.17, 15) is 4.79 Å². The third-order valence-corrected chi connectivity index (χ3v) is 4.04. The first-order valence-corrected chi connectivity index (χ1v) is 8.27. The van der Waals surface area contributed by atoms with Crippen LogP contribution in [0.15, 0.2) is 60.0 Å². The zero-order chi connectivity index (χ0) is 16.8. The van der Waals surface area contributed by atoms with Gasteiger partial charge in [-0.05, 0) is 29.8 Å². The van der Waals surface area contributed by atoms with Crippen molar-refractivity contribution >= 4 is 28.1 Å². The number of benzene rings is 2. The van der Waals surface area contributed by atoms with Crippen molar-refractivity contribution in [3.8, 4) is 5.75 Å². The second-order valence-corrected chi connectivity index (χ2v) is 6.00. The number of thiazole rings is 1. The Kier molecular flexibility index (Phi) is 5.08. The molecule has 24 heavy (non-hydrogen) atoms. The van der Waals surface area contributed by atoms with Crippen LogP contribution in [0.2, 0.25) is 0 Å². The van der Waals surface area contributed by atoms with Gasteiger partial charge in [0.05, 0.1) is 12.1 Å². The van der Waals surface area contributed by atoms with Crippen molar-refractivity contribution in [2.75, 3.05) is 5.32 Å². The fourth-order valence-corrected chi connectivity index (χ4v) is 2.83. The molecule has 6 heteroatoms. The summed E-state index contributed by atoms with van der Waals surface area (Å²) >= 11 is 1.38. The molecule has 0 aliphatic heterocycles. The van der Waals surface area contributed by atoms with Gasteiger partial charge < -0.3 is 15.2 Å². The number of carboxylic acids is 1. The fourth-order valence-electron chi connectivity index (χ4n) is 2.10. The minimum absolute atomic E-state index is 0.0650. The Morgan fingerprint density at radius 3 is 2.58 bits per heavy atom. The number of ether oxygens (including phenoxy) is 1. The van der Waals surface area contributed by atoms with E-state index < -0.39 is 5.97 Å². The van der Waals surface area contributed by atoms with Crippen LogP contribution in [0.4, 0.5) is 10.8 Å². The van der Waals surface area contributed by atoms with Crippen LogP contribution in [0.5, 0.6) is 5.75 Å². The van der Waals surface area contributed by atoms with Gasteiger partial charge in [-0.3, -0.25) is 4.79 Å². The van der Waals surface area contributed by atoms with Crippen LogP contribution >= 0.6 is 11.3 Å². The van der Waals surface area contributed by atoms with Crippen molar-refractivity contribution in [1.82, 2.24) is 4.98 Å². The van der Waals surface area contributed by atoms with E-state index in [2.05, 4.69) is 10.3 Å². The quantitative estimate of drug-likeness (QED) is 0.678. The van der Waals surface area contributed by atoms with Crippen LogP contribution < -0.4 is 10.1 Å². The average molecular weight is 340 g/mol. The second-order valence-electron chi connectivity index (χ2n) is 5.14. The summed E-state index contributed by atoms with van der Waals surface area (Å²) in [5, 5.41) is 14.3. The predicted molar refractivity (Wildman–Crippen MR) is 94.0 cm³/mol. The molecular formula is C18H16N2O3S. The molecule has 2 N–H and O–H groups in total. The van der Waals surface area contributed by atoms with Crippen molar-refractivity contribution in [3.05, 3.63) is 71.2 Å². The summed E-state index contributed by atoms with van der Waals surface area (Å²) in [7, 11) is 0. The number of carbonyl (C=O) groups is 1. The van der Waals surface area contributed by atoms with Gasteiger partial charge in [0.25, 0.3) is 0 Å². The number of hydrogen-bond donors (Lipinski definition) is 2. The van der Waals surface area contributed by atoms with Gasteiger partial charge >= 0.3 is 5.97 Å². The van der Waals surface area contributed by atoms with E-state index in [1.165, 1.54) is 11.3 Å². The zero-order valence-electron chi connectivity index (χ0n) is 12.8. The maximum atomic E-state index is 10.7. The monoisotopic (exact) mass is 340 g/mol. The number of aromatic nitrogens is 1. The summed E-state index contributed by atoms with van der Waals surface area (Å²) in [6, 6.07) is 17.6. The molecule has 0 bridgehead atoms. The molecule has 0 fully saturated rings. The van der Waals surface area contributed by atoms with E-state index in [1.807, 2.05) is 54.6 Å². The zero-order valence-corrected chi connectivity index (χ0v) is 13.6. The second kappa shape index (κ2) is 7.61. The van der Waals surface area contributed by atoms with E-state index in [0.29, 0.717) is 17.4 Å². The molecule has 122 valence electrons. The molecule has 1 aromatic heterocycles. The van der Waals surface area contributed by atoms with Crippen molar-refractivity contribution < 1.29 is 14.6 Å². The van der Waals surface area contributed by atoms with Crippen LogP contribution in [0.25, 0.3) is 0 Å². The van der Waals surface area contributed by atoms with E-state index in [0.717, 1.165) is 17.0 Å². The molecule has 0 saturated heterocycles. The predicted octanol–water partition coefficient (Wildman–Crippen LogP) is 4.09. The molecule has 2 aromatic carbocycles. The topological polar surface area (TPSA) is 71.5 Å². The van der Waals surface area contributed by atoms with Crippen molar-refractivity contribution in [2.45, 2.75) is 13.0 Å². The number of nitrogens with zero attached hydrogens (tertiary/aromatic N) is 1. The van der Waals surface area contributed by atoms with Gasteiger partial charge in [-0.1, -0.05) is 30.3 Å². The van der Waals surface area contributed by atoms with E-state index in [-0.39, 0.29) is 6.42 Å². The van der Waals surface area contributed by atoms with Crippen LogP contribution in [0.3, 0.4) is 0 Å². The van der Waals surface area contributed by atoms with E-state index >= 15 is 0 Å². The molecule has 3 rings (SSSR count). The van der Waals surface area contributed by atoms with Gasteiger partial charge in [0, 0.05) is 11.1 Å². The summed E-state index contributed by atoms with van der Waals surface area (Å²) in [5.74, 6) is -0.0955. The smallest absolute Gasteiger partial charge is 0.309 e. The lowest BCUT2D eigenvalue weighted by molar-refractivity contribution is -0.136. The molecular weight excluding hydrogens is 324 g/mol. The number of anilines is 2. The van der Waals surface area contributed by atoms with Crippen molar-refractivity contribution in [1.29, 1.82) is 0 Å². The summed E-state index contributed by atoms with van der Waals surface area (Å²) in [6.07, 6.45) is -0.0650. The van der Waals surface area contributed by atoms with Gasteiger partial charge in [0.2, 0.25) is 0 Å². The molecule has 1 heterocycles. The van der Waals surface area contributed by atoms with Gasteiger partial charge in [-0.25, -0.2) is 4.98 Å². The number of rotatable bonds is 7. The average Bonchev–Trinajstić information content (AvgIpc) is 3.01. The number of hydrogen-bond acceptors (Lipinski definition) is 5. The molecule has 0 spiro atoms. The summed E-state index contributed by atoms with van der Waals surface area (Å²) < 4.78 is 5.74. The first-order chi connectivity index (χ1) is 11.7. The van der Waals surface area contributed by atoms with Crippen LogP contribution in [0, 0.1) is 0 Å². The third kappa shape index (κ3) is 4.57. The third-order valence-electron chi connectivity index (χ3n) is 3.24. The van der Waals surface area contributed by atoms with Gasteiger partial charge in [-0.2, -0.15) is 0 Å². The Morgan fingerprint density at radius 2 is 1.88 bits per heavy atom. The summed E-state index contributed by atoms with van der Waals surface area (Å²) in [5.41, 5.74) is 2.55. The molecule has 0 radical (unpaired) electrons. The molecule has 0 aliphatic carbocycles. The van der Waals surface area contributed by atoms with Gasteiger partial charge in [0.15, 0.2) is 5.13 Å². The highest BCUT2D eigenvalue weighted by atomic mass is 32.1. The van der Waals surface area contributed by atoms with Crippen molar-refractivity contribution in [3.63, 3.8) is 0 Å². The van der Waals surface area contributed by atoms with E-state index in [4.69, 9.17) is 9.84 Å². The van der Waals surface area contributed by atoms with Gasteiger partial charge in [-0.15, -0.1) is 11.3 Å². The Balaban J connectivity index is 1.56. The van der Waals surface area contributed by atoms with Gasteiger partial charge in [0.1, 0.15) is 12.4 Å². The molecule has 3 aromatic rings. The Bertz CT molecular complexity index is 801. The number of aliphatic carboxylic acids is 1. The molecule has 5 nitrogen and oxygen atoms in total. The lowest BCUT2D eigenvalue weighted by Crippen LogP contribution is -2.00. The highest BCUT2D eigenvalue weighted by molar-refractivity contribution is 7.13. The Labute approximate surface area is 143 Å². The molecule has 0 amide bonds. The highest BCUT2D eigenvalue weighted by Gasteiger charge is 2.06. The number of carboxylic acid groups (broad SMARTS) is 1. The summed E-state index contributed by atoms with van der Waals surface area (Å²) in [4.78, 5) is 14.9. The first kappa shape index (κ1) is 16.0.